The maximum atomic E-state index is 10.0. The maximum Gasteiger partial charge on any atom is 1.00 e. The summed E-state index contributed by atoms with van der Waals surface area (Å²) in [4.78, 5) is 0. The molecule has 0 saturated heterocycles. The van der Waals surface area contributed by atoms with E-state index >= 15 is 0 Å². The zero-order chi connectivity index (χ0) is 3.58. The molecule has 0 spiro atoms. The molecule has 0 fully saturated rings. The first-order valence-corrected chi connectivity index (χ1v) is 0.667. The molecule has 0 N–H and O–H groups in total. The molecule has 0 amide bonds. The van der Waals surface area contributed by atoms with E-state index in [9.17, 15) is 8.78 Å². The fourth-order valence-corrected chi connectivity index (χ4v) is 0. The quantitative estimate of drug-likeness (QED) is 0.338. The van der Waals surface area contributed by atoms with Crippen molar-refractivity contribution >= 4 is 0 Å². The summed E-state index contributed by atoms with van der Waals surface area (Å²) in [7, 11) is 0. The summed E-state index contributed by atoms with van der Waals surface area (Å²) in [6.45, 7) is 3.69. The first kappa shape index (κ1) is 8.93. The van der Waals surface area contributed by atoms with Crippen LogP contribution in [0.2, 0.25) is 0 Å². The van der Waals surface area contributed by atoms with Crippen molar-refractivity contribution in [3.8, 4) is 0 Å². The van der Waals surface area contributed by atoms with Gasteiger partial charge in [-0.3, -0.25) is 0 Å². The van der Waals surface area contributed by atoms with Crippen molar-refractivity contribution in [3.63, 3.8) is 0 Å². The van der Waals surface area contributed by atoms with Crippen LogP contribution in [0.1, 0.15) is 0 Å². The zero-order valence-electron chi connectivity index (χ0n) is 2.13. The van der Waals surface area contributed by atoms with Crippen molar-refractivity contribution in [1.29, 1.82) is 0 Å². The Morgan fingerprint density at radius 3 is 1.40 bits per heavy atom. The predicted octanol–water partition coefficient (Wildman–Crippen LogP) is 1.20. The van der Waals surface area contributed by atoms with Gasteiger partial charge in [0.15, 0.2) is 0 Å². The number of hydrogen-bond donors (Lipinski definition) is 0. The molecule has 0 aliphatic rings. The molecule has 34 valence electrons. The van der Waals surface area contributed by atoms with Crippen LogP contribution in [-0.2, 0) is 17.1 Å². The maximum absolute atomic E-state index is 10.0. The molecular weight excluding hydrogens is 126 g/mol. The summed E-state index contributed by atoms with van der Waals surface area (Å²) in [5.41, 5.74) is 0. The van der Waals surface area contributed by atoms with Gasteiger partial charge in [-0.2, -0.15) is 0 Å². The van der Waals surface area contributed by atoms with Gasteiger partial charge in [0.2, 0.25) is 0 Å². The summed E-state index contributed by atoms with van der Waals surface area (Å²) >= 11 is 0. The van der Waals surface area contributed by atoms with Crippen LogP contribution < -0.4 is 0 Å². The van der Waals surface area contributed by atoms with Crippen LogP contribution in [0.15, 0.2) is 6.08 Å². The molecule has 0 heterocycles. The smallest absolute Gasteiger partial charge is 0.445 e. The van der Waals surface area contributed by atoms with Crippen LogP contribution >= 0.6 is 0 Å². The summed E-state index contributed by atoms with van der Waals surface area (Å²) in [5, 5.41) is 0. The van der Waals surface area contributed by atoms with Gasteiger partial charge >= 0.3 is 17.1 Å². The number of halogens is 2. The van der Waals surface area contributed by atoms with Crippen molar-refractivity contribution in [2.45, 2.75) is 0 Å². The largest absolute Gasteiger partial charge is 1.00 e. The standard InChI is InChI=1S/C2HF2.Cu/c1-2(3)4;/h1H;/q-1;+1. The van der Waals surface area contributed by atoms with Crippen molar-refractivity contribution in [2.24, 2.45) is 0 Å². The van der Waals surface area contributed by atoms with Gasteiger partial charge in [0, 0.05) is 0 Å². The van der Waals surface area contributed by atoms with Crippen molar-refractivity contribution in [2.75, 3.05) is 0 Å². The summed E-state index contributed by atoms with van der Waals surface area (Å²) in [6.07, 6.45) is -2.08. The second-order valence-electron chi connectivity index (χ2n) is 0.290. The monoisotopic (exact) mass is 126 g/mol. The van der Waals surface area contributed by atoms with Gasteiger partial charge in [-0.1, -0.05) is 0 Å². The van der Waals surface area contributed by atoms with E-state index in [0.717, 1.165) is 0 Å². The molecule has 0 atom stereocenters. The molecule has 0 unspecified atom stereocenters. The third-order valence-corrected chi connectivity index (χ3v) is 0. The molecular formula is C2HCuF2. The SMILES string of the molecule is [CH-]=C(F)F.[Cu+]. The first-order chi connectivity index (χ1) is 1.73. The van der Waals surface area contributed by atoms with Gasteiger partial charge in [-0.25, -0.2) is 8.78 Å². The minimum Gasteiger partial charge on any atom is -0.445 e. The second-order valence-corrected chi connectivity index (χ2v) is 0.290. The normalized spacial score (nSPS) is 5.20. The van der Waals surface area contributed by atoms with Crippen LogP contribution in [0, 0.1) is 6.58 Å². The molecule has 0 aliphatic carbocycles. The van der Waals surface area contributed by atoms with Crippen LogP contribution in [0.4, 0.5) is 8.78 Å². The van der Waals surface area contributed by atoms with E-state index in [0.29, 0.717) is 0 Å². The molecule has 3 heteroatoms. The molecule has 5 heavy (non-hydrogen) atoms. The van der Waals surface area contributed by atoms with E-state index in [-0.39, 0.29) is 17.1 Å². The van der Waals surface area contributed by atoms with Crippen molar-refractivity contribution < 1.29 is 25.8 Å². The van der Waals surface area contributed by atoms with Gasteiger partial charge in [0.25, 0.3) is 0 Å². The Morgan fingerprint density at radius 2 is 1.40 bits per heavy atom. The summed E-state index contributed by atoms with van der Waals surface area (Å²) < 4.78 is 20.1. The van der Waals surface area contributed by atoms with Gasteiger partial charge in [0.05, 0.1) is 6.08 Å². The minimum absolute atomic E-state index is 0. The van der Waals surface area contributed by atoms with E-state index in [1.54, 1.807) is 0 Å². The zero-order valence-corrected chi connectivity index (χ0v) is 3.08. The first-order valence-electron chi connectivity index (χ1n) is 0.667. The van der Waals surface area contributed by atoms with E-state index in [2.05, 4.69) is 6.58 Å². The molecule has 0 aromatic heterocycles. The van der Waals surface area contributed by atoms with Gasteiger partial charge in [-0.15, -0.1) is 0 Å². The summed E-state index contributed by atoms with van der Waals surface area (Å²) in [5.74, 6) is 0. The van der Waals surface area contributed by atoms with Gasteiger partial charge < -0.3 is 6.58 Å². The average Bonchev–Trinajstić information content (AvgIpc) is 0.811. The van der Waals surface area contributed by atoms with Gasteiger partial charge in [0.1, 0.15) is 0 Å². The van der Waals surface area contributed by atoms with Crippen LogP contribution in [0.5, 0.6) is 0 Å². The van der Waals surface area contributed by atoms with E-state index in [4.69, 9.17) is 0 Å². The van der Waals surface area contributed by atoms with Crippen molar-refractivity contribution in [3.05, 3.63) is 12.7 Å². The fourth-order valence-electron chi connectivity index (χ4n) is 0. The molecule has 0 aromatic carbocycles. The Bertz CT molecular complexity index is 30.6. The second kappa shape index (κ2) is 4.12. The Labute approximate surface area is 39.3 Å². The Morgan fingerprint density at radius 1 is 1.40 bits per heavy atom. The average molecular weight is 127 g/mol. The molecule has 0 radical (unpaired) electrons. The third-order valence-electron chi connectivity index (χ3n) is 0. The predicted molar refractivity (Wildman–Crippen MR) is 10.0 cm³/mol. The molecule has 0 bridgehead atoms. The van der Waals surface area contributed by atoms with Crippen LogP contribution in [-0.4, -0.2) is 0 Å². The molecule has 0 rings (SSSR count). The number of rotatable bonds is 0. The van der Waals surface area contributed by atoms with E-state index in [1.165, 1.54) is 0 Å². The Balaban J connectivity index is 0. The molecule has 0 nitrogen and oxygen atoms in total. The van der Waals surface area contributed by atoms with E-state index < -0.39 is 6.08 Å². The molecule has 0 saturated carbocycles. The van der Waals surface area contributed by atoms with E-state index in [1.807, 2.05) is 0 Å². The Hall–Kier alpha value is 0.119. The topological polar surface area (TPSA) is 0 Å². The molecule has 0 aliphatic heterocycles. The summed E-state index contributed by atoms with van der Waals surface area (Å²) in [6, 6.07) is 0. The Kier molecular flexibility index (Phi) is 7.36. The molecule has 0 aromatic rings. The fraction of sp³-hybridized carbons (Fsp3) is 0. The number of hydrogen-bond acceptors (Lipinski definition) is 0. The third kappa shape index (κ3) is 1300. The van der Waals surface area contributed by atoms with Gasteiger partial charge in [-0.05, 0) is 0 Å². The van der Waals surface area contributed by atoms with Crippen LogP contribution in [0.3, 0.4) is 0 Å². The van der Waals surface area contributed by atoms with Crippen LogP contribution in [0.25, 0.3) is 0 Å². The minimum atomic E-state index is -2.08. The van der Waals surface area contributed by atoms with Crippen molar-refractivity contribution in [1.82, 2.24) is 0 Å².